The zero-order chi connectivity index (χ0) is 17.2. The predicted molar refractivity (Wildman–Crippen MR) is 101 cm³/mol. The van der Waals surface area contributed by atoms with Gasteiger partial charge in [0.15, 0.2) is 11.6 Å². The summed E-state index contributed by atoms with van der Waals surface area (Å²) in [6.07, 6.45) is 0.543. The van der Waals surface area contributed by atoms with E-state index in [1.807, 2.05) is 66.7 Å². The van der Waals surface area contributed by atoms with E-state index in [0.29, 0.717) is 23.1 Å². The second-order valence-corrected chi connectivity index (χ2v) is 7.14. The maximum atomic E-state index is 12.8. The highest BCUT2D eigenvalue weighted by Crippen LogP contribution is 2.31. The Bertz CT molecular complexity index is 944. The van der Waals surface area contributed by atoms with Crippen LogP contribution in [-0.4, -0.2) is 17.3 Å². The third-order valence-corrected chi connectivity index (χ3v) is 5.46. The number of carbonyl (C=O) groups excluding carboxylic acids is 2. The van der Waals surface area contributed by atoms with Crippen LogP contribution in [0.15, 0.2) is 77.7 Å². The number of fused-ring (bicyclic) bond motifs is 1. The Balaban J connectivity index is 1.63. The molecule has 2 nitrogen and oxygen atoms in total. The summed E-state index contributed by atoms with van der Waals surface area (Å²) in [5, 5.41) is 0. The van der Waals surface area contributed by atoms with Crippen molar-refractivity contribution in [2.75, 3.05) is 5.75 Å². The van der Waals surface area contributed by atoms with Crippen LogP contribution < -0.4 is 0 Å². The lowest BCUT2D eigenvalue weighted by Gasteiger charge is -2.14. The number of carbonyl (C=O) groups is 2. The molecule has 0 N–H and O–H groups in total. The minimum absolute atomic E-state index is 0.0502. The first-order chi connectivity index (χ1) is 12.2. The fraction of sp³-hybridized carbons (Fsp3) is 0.0909. The van der Waals surface area contributed by atoms with E-state index >= 15 is 0 Å². The first-order valence-electron chi connectivity index (χ1n) is 8.22. The summed E-state index contributed by atoms with van der Waals surface area (Å²) in [4.78, 5) is 25.8. The molecule has 4 rings (SSSR count). The molecule has 0 spiro atoms. The summed E-state index contributed by atoms with van der Waals surface area (Å²) in [7, 11) is 0. The standard InChI is InChI=1S/C22H16O2S/c23-20-12-13-25-21-11-10-18(14-19(20)21)22(24)17-8-6-16(7-9-17)15-4-2-1-3-5-15/h1-11,14H,12-13H2. The van der Waals surface area contributed by atoms with Gasteiger partial charge >= 0.3 is 0 Å². The van der Waals surface area contributed by atoms with Crippen molar-refractivity contribution in [3.63, 3.8) is 0 Å². The summed E-state index contributed by atoms with van der Waals surface area (Å²) in [5.74, 6) is 0.897. The molecule has 0 radical (unpaired) electrons. The molecule has 3 aromatic rings. The lowest BCUT2D eigenvalue weighted by molar-refractivity contribution is 0.0985. The fourth-order valence-electron chi connectivity index (χ4n) is 3.01. The molecular weight excluding hydrogens is 328 g/mol. The van der Waals surface area contributed by atoms with Crippen molar-refractivity contribution >= 4 is 23.3 Å². The molecule has 0 unspecified atom stereocenters. The van der Waals surface area contributed by atoms with Crippen LogP contribution in [0, 0.1) is 0 Å². The lowest BCUT2D eigenvalue weighted by Crippen LogP contribution is -2.10. The topological polar surface area (TPSA) is 34.1 Å². The van der Waals surface area contributed by atoms with Crippen molar-refractivity contribution in [2.45, 2.75) is 11.3 Å². The smallest absolute Gasteiger partial charge is 0.193 e. The summed E-state index contributed by atoms with van der Waals surface area (Å²) in [5.41, 5.74) is 4.09. The monoisotopic (exact) mass is 344 g/mol. The molecule has 25 heavy (non-hydrogen) atoms. The van der Waals surface area contributed by atoms with Gasteiger partial charge in [-0.2, -0.15) is 0 Å². The number of benzene rings is 3. The molecule has 3 heteroatoms. The normalized spacial score (nSPS) is 13.4. The van der Waals surface area contributed by atoms with Gasteiger partial charge in [-0.15, -0.1) is 11.8 Å². The van der Waals surface area contributed by atoms with Gasteiger partial charge in [0, 0.05) is 33.8 Å². The minimum Gasteiger partial charge on any atom is -0.294 e. The van der Waals surface area contributed by atoms with Crippen molar-refractivity contribution in [2.24, 2.45) is 0 Å². The van der Waals surface area contributed by atoms with Gasteiger partial charge in [-0.1, -0.05) is 54.6 Å². The number of thioether (sulfide) groups is 1. The quantitative estimate of drug-likeness (QED) is 0.608. The van der Waals surface area contributed by atoms with Crippen molar-refractivity contribution in [1.82, 2.24) is 0 Å². The molecule has 122 valence electrons. The highest BCUT2D eigenvalue weighted by Gasteiger charge is 2.20. The van der Waals surface area contributed by atoms with E-state index in [-0.39, 0.29) is 11.6 Å². The van der Waals surface area contributed by atoms with Gasteiger partial charge in [-0.3, -0.25) is 9.59 Å². The maximum Gasteiger partial charge on any atom is 0.193 e. The average Bonchev–Trinajstić information content (AvgIpc) is 2.68. The van der Waals surface area contributed by atoms with E-state index in [4.69, 9.17) is 0 Å². The molecule has 0 saturated carbocycles. The zero-order valence-corrected chi connectivity index (χ0v) is 14.4. The predicted octanol–water partition coefficient (Wildman–Crippen LogP) is 5.26. The Kier molecular flexibility index (Phi) is 4.24. The van der Waals surface area contributed by atoms with Crippen molar-refractivity contribution in [3.05, 3.63) is 89.5 Å². The molecule has 3 aromatic carbocycles. The third kappa shape index (κ3) is 3.15. The van der Waals surface area contributed by atoms with Crippen molar-refractivity contribution in [3.8, 4) is 11.1 Å². The minimum atomic E-state index is -0.0502. The largest absolute Gasteiger partial charge is 0.294 e. The highest BCUT2D eigenvalue weighted by atomic mass is 32.2. The maximum absolute atomic E-state index is 12.8. The molecule has 0 aromatic heterocycles. The van der Waals surface area contributed by atoms with Gasteiger partial charge in [0.25, 0.3) is 0 Å². The van der Waals surface area contributed by atoms with E-state index in [2.05, 4.69) is 0 Å². The summed E-state index contributed by atoms with van der Waals surface area (Å²) < 4.78 is 0. The van der Waals surface area contributed by atoms with Gasteiger partial charge in [-0.25, -0.2) is 0 Å². The third-order valence-electron chi connectivity index (χ3n) is 4.38. The fourth-order valence-corrected chi connectivity index (χ4v) is 4.01. The Morgan fingerprint density at radius 2 is 1.48 bits per heavy atom. The summed E-state index contributed by atoms with van der Waals surface area (Å²) in [6.45, 7) is 0. The van der Waals surface area contributed by atoms with E-state index in [0.717, 1.165) is 21.8 Å². The number of Topliss-reactive ketones (excluding diaryl/α,β-unsaturated/α-hetero) is 1. The molecule has 0 saturated heterocycles. The highest BCUT2D eigenvalue weighted by molar-refractivity contribution is 7.99. The second kappa shape index (κ2) is 6.69. The van der Waals surface area contributed by atoms with Gasteiger partial charge in [0.2, 0.25) is 0 Å². The molecule has 0 atom stereocenters. The van der Waals surface area contributed by atoms with E-state index < -0.39 is 0 Å². The number of hydrogen-bond acceptors (Lipinski definition) is 3. The Hall–Kier alpha value is -2.65. The number of ketones is 2. The van der Waals surface area contributed by atoms with E-state index in [1.165, 1.54) is 0 Å². The molecule has 0 aliphatic carbocycles. The molecule has 0 amide bonds. The molecule has 1 aliphatic rings. The van der Waals surface area contributed by atoms with Crippen LogP contribution in [0.3, 0.4) is 0 Å². The van der Waals surface area contributed by atoms with Crippen molar-refractivity contribution in [1.29, 1.82) is 0 Å². The number of rotatable bonds is 3. The molecule has 0 fully saturated rings. The summed E-state index contributed by atoms with van der Waals surface area (Å²) >= 11 is 1.68. The second-order valence-electron chi connectivity index (χ2n) is 6.01. The molecule has 1 heterocycles. The van der Waals surface area contributed by atoms with Crippen LogP contribution in [0.4, 0.5) is 0 Å². The van der Waals surface area contributed by atoms with Gasteiger partial charge < -0.3 is 0 Å². The first-order valence-corrected chi connectivity index (χ1v) is 9.21. The first kappa shape index (κ1) is 15.9. The van der Waals surface area contributed by atoms with Crippen LogP contribution in [-0.2, 0) is 0 Å². The van der Waals surface area contributed by atoms with Crippen LogP contribution in [0.25, 0.3) is 11.1 Å². The van der Waals surface area contributed by atoms with Crippen molar-refractivity contribution < 1.29 is 9.59 Å². The SMILES string of the molecule is O=C(c1ccc(-c2ccccc2)cc1)c1ccc2c(c1)C(=O)CCS2. The lowest BCUT2D eigenvalue weighted by atomic mass is 9.97. The van der Waals surface area contributed by atoms with Crippen LogP contribution in [0.5, 0.6) is 0 Å². The van der Waals surface area contributed by atoms with Crippen LogP contribution in [0.2, 0.25) is 0 Å². The van der Waals surface area contributed by atoms with Crippen LogP contribution >= 0.6 is 11.8 Å². The van der Waals surface area contributed by atoms with E-state index in [9.17, 15) is 9.59 Å². The average molecular weight is 344 g/mol. The van der Waals surface area contributed by atoms with E-state index in [1.54, 1.807) is 17.8 Å². The number of hydrogen-bond donors (Lipinski definition) is 0. The Labute approximate surface area is 150 Å². The Morgan fingerprint density at radius 3 is 2.24 bits per heavy atom. The zero-order valence-electron chi connectivity index (χ0n) is 13.6. The molecule has 1 aliphatic heterocycles. The van der Waals surface area contributed by atoms with Crippen LogP contribution in [0.1, 0.15) is 32.7 Å². The molecular formula is C22H16O2S. The van der Waals surface area contributed by atoms with Gasteiger partial charge in [-0.05, 0) is 29.3 Å². The Morgan fingerprint density at radius 1 is 0.800 bits per heavy atom. The summed E-state index contributed by atoms with van der Waals surface area (Å²) in [6, 6.07) is 23.1. The van der Waals surface area contributed by atoms with Gasteiger partial charge in [0.1, 0.15) is 0 Å². The molecule has 0 bridgehead atoms. The van der Waals surface area contributed by atoms with Gasteiger partial charge in [0.05, 0.1) is 0 Å².